The van der Waals surface area contributed by atoms with Crippen molar-refractivity contribution in [1.82, 2.24) is 10.2 Å². The maximum Gasteiger partial charge on any atom is 0.317 e. The molecule has 4 heteroatoms. The van der Waals surface area contributed by atoms with Gasteiger partial charge in [0.2, 0.25) is 0 Å². The van der Waals surface area contributed by atoms with Crippen LogP contribution in [0.2, 0.25) is 0 Å². The fourth-order valence-corrected chi connectivity index (χ4v) is 2.58. The molecule has 20 heavy (non-hydrogen) atoms. The predicted octanol–water partition coefficient (Wildman–Crippen LogP) is 2.30. The minimum Gasteiger partial charge on any atom is -0.393 e. The number of aliphatic hydroxyl groups is 1. The summed E-state index contributed by atoms with van der Waals surface area (Å²) in [5.74, 6) is 0.330. The first-order valence-corrected chi connectivity index (χ1v) is 7.32. The Labute approximate surface area is 120 Å². The summed E-state index contributed by atoms with van der Waals surface area (Å²) < 4.78 is 0. The Kier molecular flexibility index (Phi) is 5.01. The van der Waals surface area contributed by atoms with E-state index >= 15 is 0 Å². The summed E-state index contributed by atoms with van der Waals surface area (Å²) in [6.07, 6.45) is 1.50. The number of aliphatic hydroxyl groups excluding tert-OH is 1. The van der Waals surface area contributed by atoms with Crippen LogP contribution in [-0.4, -0.2) is 35.2 Å². The van der Waals surface area contributed by atoms with Crippen LogP contribution in [0.1, 0.15) is 30.9 Å². The third-order valence-corrected chi connectivity index (χ3v) is 4.07. The van der Waals surface area contributed by atoms with Crippen LogP contribution in [0, 0.1) is 12.8 Å². The highest BCUT2D eigenvalue weighted by Crippen LogP contribution is 2.20. The molecule has 0 saturated carbocycles. The quantitative estimate of drug-likeness (QED) is 0.890. The number of amides is 2. The van der Waals surface area contributed by atoms with Crippen LogP contribution in [0.25, 0.3) is 0 Å². The van der Waals surface area contributed by atoms with Crippen LogP contribution in [0.5, 0.6) is 0 Å². The van der Waals surface area contributed by atoms with Gasteiger partial charge in [-0.1, -0.05) is 29.8 Å². The highest BCUT2D eigenvalue weighted by atomic mass is 16.3. The Balaban J connectivity index is 1.77. The minimum atomic E-state index is -0.271. The van der Waals surface area contributed by atoms with E-state index in [2.05, 4.69) is 24.4 Å². The molecule has 2 rings (SSSR count). The standard InChI is InChI=1S/C16H24N2O2/c1-12-3-5-14(6-4-12)11-17-16(20)18-9-7-15(8-10-18)13(2)19/h3-6,13,15,19H,7-11H2,1-2H3,(H,17,20). The predicted molar refractivity (Wildman–Crippen MR) is 79.4 cm³/mol. The van der Waals surface area contributed by atoms with Gasteiger partial charge in [0.05, 0.1) is 6.10 Å². The van der Waals surface area contributed by atoms with Crippen LogP contribution < -0.4 is 5.32 Å². The third-order valence-electron chi connectivity index (χ3n) is 4.07. The molecule has 1 aromatic carbocycles. The van der Waals surface area contributed by atoms with Crippen LogP contribution in [-0.2, 0) is 6.54 Å². The van der Waals surface area contributed by atoms with Crippen molar-refractivity contribution in [2.75, 3.05) is 13.1 Å². The zero-order valence-electron chi connectivity index (χ0n) is 12.3. The number of aryl methyl sites for hydroxylation is 1. The van der Waals surface area contributed by atoms with Gasteiger partial charge >= 0.3 is 6.03 Å². The lowest BCUT2D eigenvalue weighted by Crippen LogP contribution is -2.45. The summed E-state index contributed by atoms with van der Waals surface area (Å²) in [6.45, 7) is 5.91. The molecule has 1 aromatic rings. The first-order chi connectivity index (χ1) is 9.56. The van der Waals surface area contributed by atoms with Gasteiger partial charge in [0.25, 0.3) is 0 Å². The number of rotatable bonds is 3. The fraction of sp³-hybridized carbons (Fsp3) is 0.562. The summed E-state index contributed by atoms with van der Waals surface area (Å²) in [5.41, 5.74) is 2.34. The zero-order valence-corrected chi connectivity index (χ0v) is 12.3. The smallest absolute Gasteiger partial charge is 0.317 e. The number of hydrogen-bond donors (Lipinski definition) is 2. The Morgan fingerprint density at radius 1 is 1.35 bits per heavy atom. The van der Waals surface area contributed by atoms with Crippen molar-refractivity contribution in [3.05, 3.63) is 35.4 Å². The molecule has 1 aliphatic heterocycles. The van der Waals surface area contributed by atoms with E-state index in [0.29, 0.717) is 12.5 Å². The molecule has 4 nitrogen and oxygen atoms in total. The number of hydrogen-bond acceptors (Lipinski definition) is 2. The zero-order chi connectivity index (χ0) is 14.5. The Morgan fingerprint density at radius 3 is 2.50 bits per heavy atom. The maximum absolute atomic E-state index is 12.1. The molecule has 2 N–H and O–H groups in total. The van der Waals surface area contributed by atoms with E-state index in [1.165, 1.54) is 5.56 Å². The molecule has 0 spiro atoms. The van der Waals surface area contributed by atoms with Gasteiger partial charge in [-0.3, -0.25) is 0 Å². The van der Waals surface area contributed by atoms with E-state index in [9.17, 15) is 9.90 Å². The highest BCUT2D eigenvalue weighted by Gasteiger charge is 2.25. The summed E-state index contributed by atoms with van der Waals surface area (Å²) in [4.78, 5) is 13.9. The van der Waals surface area contributed by atoms with E-state index < -0.39 is 0 Å². The lowest BCUT2D eigenvalue weighted by Gasteiger charge is -2.33. The van der Waals surface area contributed by atoms with E-state index in [1.54, 1.807) is 0 Å². The van der Waals surface area contributed by atoms with Gasteiger partial charge in [-0.25, -0.2) is 4.79 Å². The number of nitrogens with zero attached hydrogens (tertiary/aromatic N) is 1. The van der Waals surface area contributed by atoms with Gasteiger partial charge in [0.15, 0.2) is 0 Å². The average molecular weight is 276 g/mol. The molecule has 1 unspecified atom stereocenters. The maximum atomic E-state index is 12.1. The average Bonchev–Trinajstić information content (AvgIpc) is 2.46. The fourth-order valence-electron chi connectivity index (χ4n) is 2.58. The topological polar surface area (TPSA) is 52.6 Å². The Bertz CT molecular complexity index is 434. The van der Waals surface area contributed by atoms with E-state index in [4.69, 9.17) is 0 Å². The molecule has 1 atom stereocenters. The van der Waals surface area contributed by atoms with Crippen molar-refractivity contribution in [3.63, 3.8) is 0 Å². The van der Waals surface area contributed by atoms with Crippen molar-refractivity contribution < 1.29 is 9.90 Å². The molecule has 0 aliphatic carbocycles. The second kappa shape index (κ2) is 6.75. The number of carbonyl (C=O) groups excluding carboxylic acids is 1. The summed E-state index contributed by atoms with van der Waals surface area (Å²) in [5, 5.41) is 12.5. The van der Waals surface area contributed by atoms with Crippen molar-refractivity contribution >= 4 is 6.03 Å². The lowest BCUT2D eigenvalue weighted by molar-refractivity contribution is 0.0798. The normalized spacial score (nSPS) is 17.9. The molecule has 0 bridgehead atoms. The molecular formula is C16H24N2O2. The molecule has 1 aliphatic rings. The molecule has 110 valence electrons. The van der Waals surface area contributed by atoms with Crippen molar-refractivity contribution in [2.45, 2.75) is 39.3 Å². The molecule has 0 radical (unpaired) electrons. The van der Waals surface area contributed by atoms with Crippen molar-refractivity contribution in [2.24, 2.45) is 5.92 Å². The van der Waals surface area contributed by atoms with Gasteiger partial charge in [-0.15, -0.1) is 0 Å². The second-order valence-electron chi connectivity index (χ2n) is 5.71. The molecule has 1 saturated heterocycles. The SMILES string of the molecule is Cc1ccc(CNC(=O)N2CCC(C(C)O)CC2)cc1. The van der Waals surface area contributed by atoms with E-state index in [-0.39, 0.29) is 12.1 Å². The van der Waals surface area contributed by atoms with Gasteiger partial charge in [0.1, 0.15) is 0 Å². The molecule has 1 fully saturated rings. The van der Waals surface area contributed by atoms with Crippen LogP contribution in [0.3, 0.4) is 0 Å². The monoisotopic (exact) mass is 276 g/mol. The van der Waals surface area contributed by atoms with Crippen molar-refractivity contribution in [1.29, 1.82) is 0 Å². The number of likely N-dealkylation sites (tertiary alicyclic amines) is 1. The van der Waals surface area contributed by atoms with Gasteiger partial charge in [-0.2, -0.15) is 0 Å². The van der Waals surface area contributed by atoms with E-state index in [1.807, 2.05) is 24.0 Å². The molecular weight excluding hydrogens is 252 g/mol. The Hall–Kier alpha value is -1.55. The molecule has 1 heterocycles. The largest absolute Gasteiger partial charge is 0.393 e. The van der Waals surface area contributed by atoms with Crippen LogP contribution >= 0.6 is 0 Å². The summed E-state index contributed by atoms with van der Waals surface area (Å²) >= 11 is 0. The lowest BCUT2D eigenvalue weighted by atomic mass is 9.92. The van der Waals surface area contributed by atoms with Gasteiger partial charge < -0.3 is 15.3 Å². The first kappa shape index (κ1) is 14.9. The van der Waals surface area contributed by atoms with E-state index in [0.717, 1.165) is 31.5 Å². The number of piperidine rings is 1. The minimum absolute atomic E-state index is 0.00498. The van der Waals surface area contributed by atoms with Gasteiger partial charge in [-0.05, 0) is 38.2 Å². The third kappa shape index (κ3) is 3.97. The molecule has 2 amide bonds. The molecule has 0 aromatic heterocycles. The van der Waals surface area contributed by atoms with Crippen LogP contribution in [0.4, 0.5) is 4.79 Å². The second-order valence-corrected chi connectivity index (χ2v) is 5.71. The first-order valence-electron chi connectivity index (χ1n) is 7.32. The number of benzene rings is 1. The highest BCUT2D eigenvalue weighted by molar-refractivity contribution is 5.74. The number of nitrogens with one attached hydrogen (secondary N) is 1. The number of urea groups is 1. The van der Waals surface area contributed by atoms with Gasteiger partial charge in [0, 0.05) is 19.6 Å². The van der Waals surface area contributed by atoms with Crippen LogP contribution in [0.15, 0.2) is 24.3 Å². The Morgan fingerprint density at radius 2 is 1.95 bits per heavy atom. The number of carbonyl (C=O) groups is 1. The summed E-state index contributed by atoms with van der Waals surface area (Å²) in [7, 11) is 0. The van der Waals surface area contributed by atoms with Crippen molar-refractivity contribution in [3.8, 4) is 0 Å². The summed E-state index contributed by atoms with van der Waals surface area (Å²) in [6, 6.07) is 8.17.